The fraction of sp³-hybridized carbons (Fsp3) is 0.304. The van der Waals surface area contributed by atoms with Crippen LogP contribution in [0.25, 0.3) is 10.9 Å². The van der Waals surface area contributed by atoms with Gasteiger partial charge >= 0.3 is 12.3 Å². The monoisotopic (exact) mass is 438 g/mol. The molecule has 0 radical (unpaired) electrons. The normalized spacial score (nSPS) is 22.4. The summed E-state index contributed by atoms with van der Waals surface area (Å²) in [6.45, 7) is 1.08. The molecule has 3 heterocycles. The molecule has 1 saturated heterocycles. The van der Waals surface area contributed by atoms with Gasteiger partial charge in [0.15, 0.2) is 11.5 Å². The van der Waals surface area contributed by atoms with Crippen LogP contribution in [-0.2, 0) is 0 Å². The quantitative estimate of drug-likeness (QED) is 0.589. The Kier molecular flexibility index (Phi) is 4.14. The van der Waals surface area contributed by atoms with Crippen LogP contribution in [0.3, 0.4) is 0 Å². The van der Waals surface area contributed by atoms with E-state index in [0.29, 0.717) is 17.4 Å². The maximum absolute atomic E-state index is 13.1. The van der Waals surface area contributed by atoms with Crippen molar-refractivity contribution in [1.82, 2.24) is 4.98 Å². The third-order valence-electron chi connectivity index (χ3n) is 6.29. The van der Waals surface area contributed by atoms with Crippen molar-refractivity contribution in [2.45, 2.75) is 31.6 Å². The van der Waals surface area contributed by atoms with Gasteiger partial charge in [0.25, 0.3) is 0 Å². The van der Waals surface area contributed by atoms with E-state index < -0.39 is 12.3 Å². The molecule has 1 saturated carbocycles. The number of fused-ring (bicyclic) bond motifs is 4. The third kappa shape index (κ3) is 3.43. The van der Waals surface area contributed by atoms with Crippen molar-refractivity contribution >= 4 is 34.1 Å². The average Bonchev–Trinajstić information content (AvgIpc) is 3.46. The summed E-state index contributed by atoms with van der Waals surface area (Å²) < 4.78 is 35.1. The van der Waals surface area contributed by atoms with Crippen LogP contribution in [0.2, 0.25) is 0 Å². The molecule has 2 amide bonds. The summed E-state index contributed by atoms with van der Waals surface area (Å²) in [5.41, 5.74) is 1.76. The fourth-order valence-electron chi connectivity index (χ4n) is 4.88. The molecule has 0 unspecified atom stereocenters. The van der Waals surface area contributed by atoms with Crippen LogP contribution in [0, 0.1) is 5.92 Å². The van der Waals surface area contributed by atoms with Crippen molar-refractivity contribution in [2.24, 2.45) is 5.92 Å². The number of rotatable bonds is 3. The minimum Gasteiger partial charge on any atom is -0.395 e. The highest BCUT2D eigenvalue weighted by Crippen LogP contribution is 2.42. The van der Waals surface area contributed by atoms with E-state index in [1.807, 2.05) is 24.3 Å². The van der Waals surface area contributed by atoms with Crippen LogP contribution in [0.4, 0.5) is 30.8 Å². The van der Waals surface area contributed by atoms with Gasteiger partial charge in [-0.05, 0) is 67.6 Å². The number of ether oxygens (including phenoxy) is 2. The van der Waals surface area contributed by atoms with Gasteiger partial charge in [-0.25, -0.2) is 9.78 Å². The number of pyridine rings is 1. The first kappa shape index (κ1) is 19.1. The van der Waals surface area contributed by atoms with Gasteiger partial charge in [0.1, 0.15) is 5.82 Å². The first-order chi connectivity index (χ1) is 15.4. The molecule has 164 valence electrons. The molecule has 1 aliphatic carbocycles. The number of urea groups is 1. The van der Waals surface area contributed by atoms with E-state index >= 15 is 0 Å². The van der Waals surface area contributed by atoms with Gasteiger partial charge in [0, 0.05) is 35.4 Å². The Hall–Kier alpha value is -3.62. The highest BCUT2D eigenvalue weighted by molar-refractivity contribution is 6.01. The molecule has 2 fully saturated rings. The zero-order valence-electron chi connectivity index (χ0n) is 17.0. The molecular weight excluding hydrogens is 418 g/mol. The Morgan fingerprint density at radius 2 is 1.78 bits per heavy atom. The summed E-state index contributed by atoms with van der Waals surface area (Å²) in [7, 11) is 0. The Balaban J connectivity index is 1.14. The number of anilines is 3. The van der Waals surface area contributed by atoms with Crippen molar-refractivity contribution in [3.63, 3.8) is 0 Å². The second-order valence-electron chi connectivity index (χ2n) is 8.47. The molecule has 2 bridgehead atoms. The minimum atomic E-state index is -3.70. The number of amides is 2. The van der Waals surface area contributed by atoms with E-state index in [4.69, 9.17) is 4.98 Å². The number of nitrogens with zero attached hydrogens (tertiary/aromatic N) is 2. The number of hydrogen-bond donors (Lipinski definition) is 2. The molecule has 6 rings (SSSR count). The predicted octanol–water partition coefficient (Wildman–Crippen LogP) is 5.19. The molecule has 0 spiro atoms. The SMILES string of the molecule is O=C(Nc1ccc2c(c1)OC(F)(F)O2)Nc1ccc2nc(N3C[C@H]4CC[C@H]3C4)ccc2c1. The van der Waals surface area contributed by atoms with Crippen LogP contribution in [-0.4, -0.2) is 29.9 Å². The van der Waals surface area contributed by atoms with Crippen LogP contribution >= 0.6 is 0 Å². The number of benzene rings is 2. The number of alkyl halides is 2. The number of carbonyl (C=O) groups excluding carboxylic acids is 1. The predicted molar refractivity (Wildman–Crippen MR) is 116 cm³/mol. The van der Waals surface area contributed by atoms with Crippen LogP contribution < -0.4 is 25.0 Å². The second kappa shape index (κ2) is 6.94. The molecule has 1 aromatic heterocycles. The highest BCUT2D eigenvalue weighted by Gasteiger charge is 2.43. The van der Waals surface area contributed by atoms with Gasteiger partial charge in [-0.15, -0.1) is 8.78 Å². The first-order valence-electron chi connectivity index (χ1n) is 10.6. The Morgan fingerprint density at radius 1 is 1.00 bits per heavy atom. The van der Waals surface area contributed by atoms with Crippen molar-refractivity contribution < 1.29 is 23.0 Å². The molecule has 32 heavy (non-hydrogen) atoms. The summed E-state index contributed by atoms with van der Waals surface area (Å²) >= 11 is 0. The lowest BCUT2D eigenvalue weighted by atomic mass is 10.1. The highest BCUT2D eigenvalue weighted by atomic mass is 19.3. The minimum absolute atomic E-state index is 0.0795. The maximum atomic E-state index is 13.1. The van der Waals surface area contributed by atoms with Crippen molar-refractivity contribution in [1.29, 1.82) is 0 Å². The first-order valence-corrected chi connectivity index (χ1v) is 10.6. The molecule has 9 heteroatoms. The van der Waals surface area contributed by atoms with Gasteiger partial charge in [0.05, 0.1) is 5.52 Å². The van der Waals surface area contributed by atoms with E-state index in [9.17, 15) is 13.6 Å². The summed E-state index contributed by atoms with van der Waals surface area (Å²) in [5, 5.41) is 6.27. The van der Waals surface area contributed by atoms with Gasteiger partial charge < -0.3 is 25.0 Å². The van der Waals surface area contributed by atoms with Gasteiger partial charge in [0.2, 0.25) is 0 Å². The Morgan fingerprint density at radius 3 is 2.56 bits per heavy atom. The van der Waals surface area contributed by atoms with Crippen molar-refractivity contribution in [3.05, 3.63) is 48.5 Å². The van der Waals surface area contributed by atoms with E-state index in [1.165, 1.54) is 37.5 Å². The average molecular weight is 438 g/mol. The summed E-state index contributed by atoms with van der Waals surface area (Å²) in [6, 6.07) is 13.7. The van der Waals surface area contributed by atoms with Crippen LogP contribution in [0.1, 0.15) is 19.3 Å². The molecule has 2 aliphatic heterocycles. The van der Waals surface area contributed by atoms with Crippen LogP contribution in [0.15, 0.2) is 48.5 Å². The number of piperidine rings is 1. The summed E-state index contributed by atoms with van der Waals surface area (Å²) in [4.78, 5) is 19.6. The molecule has 3 aliphatic rings. The third-order valence-corrected chi connectivity index (χ3v) is 6.29. The molecule has 3 aromatic rings. The van der Waals surface area contributed by atoms with E-state index in [0.717, 1.165) is 29.2 Å². The smallest absolute Gasteiger partial charge is 0.395 e. The number of carbonyl (C=O) groups is 1. The Labute approximate surface area is 182 Å². The largest absolute Gasteiger partial charge is 0.586 e. The molecule has 2 N–H and O–H groups in total. The molecule has 7 nitrogen and oxygen atoms in total. The van der Waals surface area contributed by atoms with Crippen LogP contribution in [0.5, 0.6) is 11.5 Å². The zero-order valence-corrected chi connectivity index (χ0v) is 17.0. The molecule has 2 atom stereocenters. The molecule has 2 aromatic carbocycles. The van der Waals surface area contributed by atoms with Crippen molar-refractivity contribution in [3.8, 4) is 11.5 Å². The lowest BCUT2D eigenvalue weighted by Crippen LogP contribution is -2.32. The van der Waals surface area contributed by atoms with E-state index in [2.05, 4.69) is 25.0 Å². The molecular formula is C23H20F2N4O3. The fourth-order valence-corrected chi connectivity index (χ4v) is 4.88. The number of halogens is 2. The maximum Gasteiger partial charge on any atom is 0.586 e. The van der Waals surface area contributed by atoms with E-state index in [1.54, 1.807) is 6.07 Å². The Bertz CT molecular complexity index is 1240. The van der Waals surface area contributed by atoms with Gasteiger partial charge in [-0.3, -0.25) is 0 Å². The van der Waals surface area contributed by atoms with E-state index in [-0.39, 0.29) is 11.5 Å². The second-order valence-corrected chi connectivity index (χ2v) is 8.47. The topological polar surface area (TPSA) is 75.7 Å². The summed E-state index contributed by atoms with van der Waals surface area (Å²) in [5.74, 6) is 1.59. The lowest BCUT2D eigenvalue weighted by molar-refractivity contribution is -0.286. The van der Waals surface area contributed by atoms with Gasteiger partial charge in [-0.2, -0.15) is 0 Å². The van der Waals surface area contributed by atoms with Crippen molar-refractivity contribution in [2.75, 3.05) is 22.1 Å². The number of nitrogens with one attached hydrogen (secondary N) is 2. The number of aromatic nitrogens is 1. The van der Waals surface area contributed by atoms with Gasteiger partial charge in [-0.1, -0.05) is 0 Å². The standard InChI is InChI=1S/C23H20F2N4O3/c24-23(25)31-19-7-4-16(11-20(19)32-23)27-22(30)26-15-3-6-18-14(10-15)2-8-21(28-18)29-12-13-1-5-17(29)9-13/h2-4,6-8,10-11,13,17H,1,5,9,12H2,(H2,26,27,30)/t13-,17-/m0/s1. The zero-order chi connectivity index (χ0) is 21.9. The number of hydrogen-bond acceptors (Lipinski definition) is 5. The summed E-state index contributed by atoms with van der Waals surface area (Å²) in [6.07, 6.45) is 0.138. The lowest BCUT2D eigenvalue weighted by Gasteiger charge is -2.28.